The minimum Gasteiger partial charge on any atom is -0.351 e. The predicted octanol–water partition coefficient (Wildman–Crippen LogP) is 3.59. The highest BCUT2D eigenvalue weighted by Gasteiger charge is 2.18. The summed E-state index contributed by atoms with van der Waals surface area (Å²) in [5.41, 5.74) is 1.96. The SMILES string of the molecule is CC(C)(C)NC(=O)CSc1nnc(-c2ccncc2)n1CCc1ccccc1. The van der Waals surface area contributed by atoms with Crippen LogP contribution < -0.4 is 5.32 Å². The standard InChI is InChI=1S/C21H25N5OS/c1-21(2,3)23-18(27)15-28-20-25-24-19(17-9-12-22-13-10-17)26(20)14-11-16-7-5-4-6-8-16/h4-10,12-13H,11,14-15H2,1-3H3,(H,23,27). The van der Waals surface area contributed by atoms with Gasteiger partial charge in [-0.25, -0.2) is 0 Å². The lowest BCUT2D eigenvalue weighted by atomic mass is 10.1. The van der Waals surface area contributed by atoms with Crippen molar-refractivity contribution in [2.75, 3.05) is 5.75 Å². The van der Waals surface area contributed by atoms with Crippen LogP contribution in [0.3, 0.4) is 0 Å². The maximum absolute atomic E-state index is 12.2. The predicted molar refractivity (Wildman–Crippen MR) is 112 cm³/mol. The molecular weight excluding hydrogens is 370 g/mol. The van der Waals surface area contributed by atoms with Gasteiger partial charge in [-0.2, -0.15) is 0 Å². The second-order valence-corrected chi connectivity index (χ2v) is 8.46. The average Bonchev–Trinajstić information content (AvgIpc) is 3.08. The maximum Gasteiger partial charge on any atom is 0.230 e. The highest BCUT2D eigenvalue weighted by molar-refractivity contribution is 7.99. The summed E-state index contributed by atoms with van der Waals surface area (Å²) in [5, 5.41) is 12.5. The fourth-order valence-electron chi connectivity index (χ4n) is 2.78. The van der Waals surface area contributed by atoms with E-state index in [1.807, 2.05) is 51.1 Å². The van der Waals surface area contributed by atoms with E-state index in [0.29, 0.717) is 5.75 Å². The number of hydrogen-bond acceptors (Lipinski definition) is 5. The van der Waals surface area contributed by atoms with E-state index >= 15 is 0 Å². The first-order chi connectivity index (χ1) is 13.4. The molecule has 3 aromatic rings. The Balaban J connectivity index is 1.79. The molecule has 2 aromatic heterocycles. The number of aromatic nitrogens is 4. The van der Waals surface area contributed by atoms with Crippen LogP contribution in [-0.4, -0.2) is 36.9 Å². The van der Waals surface area contributed by atoms with Crippen LogP contribution in [0.2, 0.25) is 0 Å². The number of pyridine rings is 1. The first kappa shape index (κ1) is 20.1. The van der Waals surface area contributed by atoms with Gasteiger partial charge in [-0.3, -0.25) is 9.78 Å². The Labute approximate surface area is 169 Å². The number of nitrogens with one attached hydrogen (secondary N) is 1. The molecule has 0 saturated carbocycles. The van der Waals surface area contributed by atoms with Gasteiger partial charge in [0, 0.05) is 30.0 Å². The molecule has 28 heavy (non-hydrogen) atoms. The van der Waals surface area contributed by atoms with E-state index in [1.54, 1.807) is 12.4 Å². The summed E-state index contributed by atoms with van der Waals surface area (Å²) < 4.78 is 2.08. The third-order valence-corrected chi connectivity index (χ3v) is 4.94. The highest BCUT2D eigenvalue weighted by atomic mass is 32.2. The van der Waals surface area contributed by atoms with Gasteiger partial charge < -0.3 is 9.88 Å². The quantitative estimate of drug-likeness (QED) is 0.619. The number of nitrogens with zero attached hydrogens (tertiary/aromatic N) is 4. The van der Waals surface area contributed by atoms with E-state index in [0.717, 1.165) is 29.5 Å². The van der Waals surface area contributed by atoms with Crippen LogP contribution in [-0.2, 0) is 17.8 Å². The first-order valence-corrected chi connectivity index (χ1v) is 10.2. The number of benzene rings is 1. The topological polar surface area (TPSA) is 72.7 Å². The molecule has 0 spiro atoms. The van der Waals surface area contributed by atoms with Crippen LogP contribution in [0.1, 0.15) is 26.3 Å². The Morgan fingerprint density at radius 3 is 2.46 bits per heavy atom. The second kappa shape index (κ2) is 9.01. The van der Waals surface area contributed by atoms with Crippen LogP contribution >= 0.6 is 11.8 Å². The fourth-order valence-corrected chi connectivity index (χ4v) is 3.55. The van der Waals surface area contributed by atoms with E-state index in [2.05, 4.69) is 37.2 Å². The van der Waals surface area contributed by atoms with Crippen LogP contribution in [0.4, 0.5) is 0 Å². The van der Waals surface area contributed by atoms with Crippen LogP contribution in [0.15, 0.2) is 60.0 Å². The van der Waals surface area contributed by atoms with Crippen molar-refractivity contribution in [1.82, 2.24) is 25.1 Å². The fraction of sp³-hybridized carbons (Fsp3) is 0.333. The van der Waals surface area contributed by atoms with E-state index in [-0.39, 0.29) is 11.4 Å². The number of hydrogen-bond donors (Lipinski definition) is 1. The minimum absolute atomic E-state index is 0.0134. The average molecular weight is 396 g/mol. The van der Waals surface area contributed by atoms with E-state index in [9.17, 15) is 4.79 Å². The molecule has 1 N–H and O–H groups in total. The Morgan fingerprint density at radius 1 is 1.07 bits per heavy atom. The third-order valence-electron chi connectivity index (χ3n) is 3.97. The highest BCUT2D eigenvalue weighted by Crippen LogP contribution is 2.24. The molecule has 0 fully saturated rings. The molecule has 0 atom stereocenters. The first-order valence-electron chi connectivity index (χ1n) is 9.24. The van der Waals surface area contributed by atoms with Gasteiger partial charge in [0.15, 0.2) is 11.0 Å². The Hall–Kier alpha value is -2.67. The van der Waals surface area contributed by atoms with Gasteiger partial charge in [0.05, 0.1) is 5.75 Å². The van der Waals surface area contributed by atoms with Crippen molar-refractivity contribution in [1.29, 1.82) is 0 Å². The van der Waals surface area contributed by atoms with Crippen LogP contribution in [0.25, 0.3) is 11.4 Å². The van der Waals surface area contributed by atoms with Gasteiger partial charge in [0.25, 0.3) is 0 Å². The number of aryl methyl sites for hydroxylation is 1. The molecule has 7 heteroatoms. The van der Waals surface area contributed by atoms with Gasteiger partial charge >= 0.3 is 0 Å². The molecule has 2 heterocycles. The van der Waals surface area contributed by atoms with Crippen molar-refractivity contribution in [3.05, 3.63) is 60.4 Å². The lowest BCUT2D eigenvalue weighted by molar-refractivity contribution is -0.119. The van der Waals surface area contributed by atoms with Crippen molar-refractivity contribution in [2.24, 2.45) is 0 Å². The smallest absolute Gasteiger partial charge is 0.230 e. The van der Waals surface area contributed by atoms with E-state index < -0.39 is 0 Å². The number of rotatable bonds is 7. The van der Waals surface area contributed by atoms with Crippen molar-refractivity contribution in [3.63, 3.8) is 0 Å². The number of thioether (sulfide) groups is 1. The molecule has 0 saturated heterocycles. The maximum atomic E-state index is 12.2. The number of carbonyl (C=O) groups excluding carboxylic acids is 1. The second-order valence-electron chi connectivity index (χ2n) is 7.52. The van der Waals surface area contributed by atoms with Crippen LogP contribution in [0.5, 0.6) is 0 Å². The van der Waals surface area contributed by atoms with Crippen LogP contribution in [0, 0.1) is 0 Å². The summed E-state index contributed by atoms with van der Waals surface area (Å²) >= 11 is 1.41. The molecule has 0 unspecified atom stereocenters. The molecule has 0 bridgehead atoms. The number of carbonyl (C=O) groups is 1. The molecule has 1 aromatic carbocycles. The van der Waals surface area contributed by atoms with E-state index in [1.165, 1.54) is 17.3 Å². The van der Waals surface area contributed by atoms with Gasteiger partial charge in [-0.15, -0.1) is 10.2 Å². The molecule has 1 amide bonds. The zero-order valence-electron chi connectivity index (χ0n) is 16.4. The lowest BCUT2D eigenvalue weighted by Gasteiger charge is -2.20. The van der Waals surface area contributed by atoms with Crippen molar-refractivity contribution in [2.45, 2.75) is 44.4 Å². The molecule has 146 valence electrons. The molecular formula is C21H25N5OS. The third kappa shape index (κ3) is 5.66. The summed E-state index contributed by atoms with van der Waals surface area (Å²) in [6, 6.07) is 14.2. The Bertz CT molecular complexity index is 904. The Kier molecular flexibility index (Phi) is 6.46. The summed E-state index contributed by atoms with van der Waals surface area (Å²) in [4.78, 5) is 16.3. The van der Waals surface area contributed by atoms with E-state index in [4.69, 9.17) is 0 Å². The van der Waals surface area contributed by atoms with Gasteiger partial charge in [0.2, 0.25) is 5.91 Å². The molecule has 3 rings (SSSR count). The molecule has 6 nitrogen and oxygen atoms in total. The zero-order chi connectivity index (χ0) is 20.0. The molecule has 0 aliphatic carbocycles. The lowest BCUT2D eigenvalue weighted by Crippen LogP contribution is -2.41. The summed E-state index contributed by atoms with van der Waals surface area (Å²) in [6.45, 7) is 6.65. The van der Waals surface area contributed by atoms with Crippen molar-refractivity contribution in [3.8, 4) is 11.4 Å². The van der Waals surface area contributed by atoms with Crippen molar-refractivity contribution < 1.29 is 4.79 Å². The summed E-state index contributed by atoms with van der Waals surface area (Å²) in [7, 11) is 0. The van der Waals surface area contributed by atoms with Gasteiger partial charge in [-0.05, 0) is 44.9 Å². The zero-order valence-corrected chi connectivity index (χ0v) is 17.2. The molecule has 0 aliphatic rings. The largest absolute Gasteiger partial charge is 0.351 e. The normalized spacial score (nSPS) is 11.4. The monoisotopic (exact) mass is 395 g/mol. The van der Waals surface area contributed by atoms with Gasteiger partial charge in [-0.1, -0.05) is 42.1 Å². The summed E-state index contributed by atoms with van der Waals surface area (Å²) in [6.07, 6.45) is 4.35. The minimum atomic E-state index is -0.249. The molecule has 0 radical (unpaired) electrons. The molecule has 0 aliphatic heterocycles. The van der Waals surface area contributed by atoms with Gasteiger partial charge in [0.1, 0.15) is 0 Å². The number of amides is 1. The van der Waals surface area contributed by atoms with Crippen molar-refractivity contribution >= 4 is 17.7 Å². The Morgan fingerprint density at radius 2 is 1.79 bits per heavy atom. The summed E-state index contributed by atoms with van der Waals surface area (Å²) in [5.74, 6) is 1.08.